The van der Waals surface area contributed by atoms with Crippen LogP contribution in [0.3, 0.4) is 0 Å². The van der Waals surface area contributed by atoms with E-state index in [0.29, 0.717) is 17.3 Å². The molecule has 0 aromatic heterocycles. The zero-order chi connectivity index (χ0) is 18.7. The number of nitrogens with zero attached hydrogens (tertiary/aromatic N) is 2. The van der Waals surface area contributed by atoms with Crippen molar-refractivity contribution in [3.63, 3.8) is 0 Å². The summed E-state index contributed by atoms with van der Waals surface area (Å²) in [6.07, 6.45) is 0.972. The van der Waals surface area contributed by atoms with Gasteiger partial charge in [-0.15, -0.1) is 0 Å². The van der Waals surface area contributed by atoms with Crippen molar-refractivity contribution in [2.24, 2.45) is 0 Å². The highest BCUT2D eigenvalue weighted by Crippen LogP contribution is 2.33. The fourth-order valence-corrected chi connectivity index (χ4v) is 3.00. The number of esters is 1. The average molecular weight is 385 g/mol. The van der Waals surface area contributed by atoms with Crippen molar-refractivity contribution >= 4 is 52.2 Å². The molecular formula is C15H13ClN2O6S. The normalized spacial score (nSPS) is 16.0. The highest BCUT2D eigenvalue weighted by atomic mass is 35.5. The van der Waals surface area contributed by atoms with Gasteiger partial charge < -0.3 is 4.74 Å². The number of benzene rings is 1. The summed E-state index contributed by atoms with van der Waals surface area (Å²) in [5, 5.41) is 10.3. The minimum Gasteiger partial charge on any atom is -0.462 e. The standard InChI is InChI=1S/C15H13ClN2O6S/c1-8(2)24-13(19)7-17-14(20)12(25-15(17)21)6-9-3-4-10(16)11(5-9)18(22)23/h3-6,8H,7H2,1-2H3/b12-6-. The zero-order valence-corrected chi connectivity index (χ0v) is 14.8. The topological polar surface area (TPSA) is 107 Å². The second-order valence-electron chi connectivity index (χ2n) is 5.27. The maximum Gasteiger partial charge on any atom is 0.326 e. The van der Waals surface area contributed by atoms with Crippen LogP contribution in [-0.4, -0.2) is 39.6 Å². The molecule has 25 heavy (non-hydrogen) atoms. The first-order valence-electron chi connectivity index (χ1n) is 7.08. The van der Waals surface area contributed by atoms with Crippen molar-refractivity contribution < 1.29 is 24.0 Å². The summed E-state index contributed by atoms with van der Waals surface area (Å²) in [4.78, 5) is 46.9. The van der Waals surface area contributed by atoms with E-state index in [1.165, 1.54) is 24.3 Å². The van der Waals surface area contributed by atoms with Crippen molar-refractivity contribution in [3.05, 3.63) is 43.8 Å². The number of carbonyl (C=O) groups is 3. The SMILES string of the molecule is CC(C)OC(=O)CN1C(=O)S/C(=C\c2ccc(Cl)c([N+](=O)[O-])c2)C1=O. The average Bonchev–Trinajstić information content (AvgIpc) is 2.75. The number of ether oxygens (including phenoxy) is 1. The van der Waals surface area contributed by atoms with E-state index >= 15 is 0 Å². The predicted molar refractivity (Wildman–Crippen MR) is 92.0 cm³/mol. The molecule has 10 heteroatoms. The second-order valence-corrected chi connectivity index (χ2v) is 6.67. The molecule has 0 radical (unpaired) electrons. The van der Waals surface area contributed by atoms with Gasteiger partial charge in [0.2, 0.25) is 0 Å². The van der Waals surface area contributed by atoms with Gasteiger partial charge in [0.05, 0.1) is 15.9 Å². The number of halogens is 1. The van der Waals surface area contributed by atoms with Crippen LogP contribution in [0.25, 0.3) is 6.08 Å². The molecule has 1 aromatic carbocycles. The van der Waals surface area contributed by atoms with Crippen LogP contribution >= 0.6 is 23.4 Å². The zero-order valence-electron chi connectivity index (χ0n) is 13.2. The van der Waals surface area contributed by atoms with Gasteiger partial charge in [0.25, 0.3) is 16.8 Å². The van der Waals surface area contributed by atoms with Crippen molar-refractivity contribution in [1.29, 1.82) is 0 Å². The molecule has 1 fully saturated rings. The molecule has 0 spiro atoms. The van der Waals surface area contributed by atoms with Crippen LogP contribution in [-0.2, 0) is 14.3 Å². The van der Waals surface area contributed by atoms with E-state index < -0.39 is 28.6 Å². The maximum absolute atomic E-state index is 12.3. The van der Waals surface area contributed by atoms with Gasteiger partial charge in [-0.05, 0) is 43.3 Å². The van der Waals surface area contributed by atoms with Gasteiger partial charge in [-0.1, -0.05) is 17.7 Å². The molecule has 0 aliphatic carbocycles. The van der Waals surface area contributed by atoms with Crippen molar-refractivity contribution in [3.8, 4) is 0 Å². The summed E-state index contributed by atoms with van der Waals surface area (Å²) in [5.74, 6) is -1.35. The van der Waals surface area contributed by atoms with Gasteiger partial charge in [0, 0.05) is 6.07 Å². The number of rotatable bonds is 5. The Kier molecular flexibility index (Phi) is 5.81. The number of thioether (sulfide) groups is 1. The summed E-state index contributed by atoms with van der Waals surface area (Å²) < 4.78 is 4.91. The number of hydrogen-bond acceptors (Lipinski definition) is 7. The smallest absolute Gasteiger partial charge is 0.326 e. The van der Waals surface area contributed by atoms with Gasteiger partial charge >= 0.3 is 5.97 Å². The Morgan fingerprint density at radius 1 is 1.44 bits per heavy atom. The lowest BCUT2D eigenvalue weighted by atomic mass is 10.2. The molecule has 2 rings (SSSR count). The second kappa shape index (κ2) is 7.66. The number of nitro benzene ring substituents is 1. The Bertz CT molecular complexity index is 792. The Balaban J connectivity index is 2.21. The van der Waals surface area contributed by atoms with E-state index in [9.17, 15) is 24.5 Å². The van der Waals surface area contributed by atoms with E-state index in [1.54, 1.807) is 13.8 Å². The maximum atomic E-state index is 12.3. The molecule has 0 unspecified atom stereocenters. The minimum atomic E-state index is -0.694. The summed E-state index contributed by atoms with van der Waals surface area (Å²) in [6.45, 7) is 2.82. The molecule has 0 atom stereocenters. The third-order valence-electron chi connectivity index (χ3n) is 2.99. The Hall–Kier alpha value is -2.39. The van der Waals surface area contributed by atoms with Gasteiger partial charge in [-0.3, -0.25) is 29.4 Å². The molecule has 0 saturated carbocycles. The summed E-state index contributed by atoms with van der Waals surface area (Å²) in [5.41, 5.74) is 0.0292. The molecule has 1 aliphatic heterocycles. The van der Waals surface area contributed by atoms with Crippen LogP contribution in [0.2, 0.25) is 5.02 Å². The minimum absolute atomic E-state index is 0.0355. The van der Waals surface area contributed by atoms with Crippen LogP contribution in [0.15, 0.2) is 23.1 Å². The molecule has 8 nitrogen and oxygen atoms in total. The first kappa shape index (κ1) is 18.9. The molecule has 0 bridgehead atoms. The Morgan fingerprint density at radius 3 is 2.72 bits per heavy atom. The van der Waals surface area contributed by atoms with Crippen molar-refractivity contribution in [1.82, 2.24) is 4.90 Å². The largest absolute Gasteiger partial charge is 0.462 e. The fourth-order valence-electron chi connectivity index (χ4n) is 1.98. The highest BCUT2D eigenvalue weighted by Gasteiger charge is 2.36. The van der Waals surface area contributed by atoms with E-state index in [0.717, 1.165) is 4.90 Å². The van der Waals surface area contributed by atoms with Gasteiger partial charge in [-0.2, -0.15) is 0 Å². The number of amides is 2. The number of nitro groups is 1. The van der Waals surface area contributed by atoms with E-state index in [1.807, 2.05) is 0 Å². The highest BCUT2D eigenvalue weighted by molar-refractivity contribution is 8.18. The third kappa shape index (κ3) is 4.58. The van der Waals surface area contributed by atoms with Gasteiger partial charge in [-0.25, -0.2) is 0 Å². The van der Waals surface area contributed by atoms with Crippen LogP contribution < -0.4 is 0 Å². The molecule has 1 aliphatic rings. The first-order chi connectivity index (χ1) is 11.7. The summed E-state index contributed by atoms with van der Waals surface area (Å²) in [6, 6.07) is 4.01. The fraction of sp³-hybridized carbons (Fsp3) is 0.267. The van der Waals surface area contributed by atoms with Crippen molar-refractivity contribution in [2.75, 3.05) is 6.54 Å². The molecule has 1 heterocycles. The molecule has 2 amide bonds. The summed E-state index contributed by atoms with van der Waals surface area (Å²) in [7, 11) is 0. The number of hydrogen-bond donors (Lipinski definition) is 0. The van der Waals surface area contributed by atoms with Crippen LogP contribution in [0.4, 0.5) is 10.5 Å². The van der Waals surface area contributed by atoms with E-state index in [4.69, 9.17) is 16.3 Å². The monoisotopic (exact) mass is 384 g/mol. The molecule has 132 valence electrons. The molecule has 1 aromatic rings. The Morgan fingerprint density at radius 2 is 2.12 bits per heavy atom. The number of imide groups is 1. The molecule has 1 saturated heterocycles. The predicted octanol–water partition coefficient (Wildman–Crippen LogP) is 3.24. The van der Waals surface area contributed by atoms with Gasteiger partial charge in [0.15, 0.2) is 0 Å². The van der Waals surface area contributed by atoms with Crippen molar-refractivity contribution in [2.45, 2.75) is 20.0 Å². The first-order valence-corrected chi connectivity index (χ1v) is 8.27. The van der Waals surface area contributed by atoms with E-state index in [2.05, 4.69) is 0 Å². The third-order valence-corrected chi connectivity index (χ3v) is 4.22. The molecular weight excluding hydrogens is 372 g/mol. The van der Waals surface area contributed by atoms with Crippen LogP contribution in [0.5, 0.6) is 0 Å². The molecule has 0 N–H and O–H groups in total. The summed E-state index contributed by atoms with van der Waals surface area (Å²) >= 11 is 6.38. The van der Waals surface area contributed by atoms with E-state index in [-0.39, 0.29) is 21.7 Å². The van der Waals surface area contributed by atoms with Crippen LogP contribution in [0.1, 0.15) is 19.4 Å². The Labute approximate surface area is 151 Å². The van der Waals surface area contributed by atoms with Gasteiger partial charge in [0.1, 0.15) is 11.6 Å². The number of carbonyl (C=O) groups excluding carboxylic acids is 3. The lowest BCUT2D eigenvalue weighted by Crippen LogP contribution is -2.35. The van der Waals surface area contributed by atoms with Crippen LogP contribution in [0, 0.1) is 10.1 Å². The lowest BCUT2D eigenvalue weighted by Gasteiger charge is -2.13. The quantitative estimate of drug-likeness (QED) is 0.332. The lowest BCUT2D eigenvalue weighted by molar-refractivity contribution is -0.384.